The number of hydrogen-bond donors (Lipinski definition) is 1. The van der Waals surface area contributed by atoms with Crippen molar-refractivity contribution >= 4 is 0 Å². The second-order valence-electron chi connectivity index (χ2n) is 5.08. The zero-order valence-corrected chi connectivity index (χ0v) is 10.5. The Morgan fingerprint density at radius 2 is 1.76 bits per heavy atom. The molecule has 1 fully saturated rings. The second kappa shape index (κ2) is 6.05. The van der Waals surface area contributed by atoms with Crippen LogP contribution < -0.4 is 0 Å². The van der Waals surface area contributed by atoms with Gasteiger partial charge in [-0.1, -0.05) is 13.3 Å². The molecule has 0 amide bonds. The van der Waals surface area contributed by atoms with Crippen LogP contribution >= 0.6 is 0 Å². The van der Waals surface area contributed by atoms with Crippen molar-refractivity contribution in [2.75, 3.05) is 13.6 Å². The number of rotatable bonds is 4. The molecule has 0 heterocycles. The predicted octanol–water partition coefficient (Wildman–Crippen LogP) is 2.81. The van der Waals surface area contributed by atoms with E-state index in [2.05, 4.69) is 6.92 Å². The molecule has 1 aliphatic carbocycles. The highest BCUT2D eigenvalue weighted by Gasteiger charge is 2.39. The number of aliphatic hydroxyl groups excluding tert-OH is 1. The van der Waals surface area contributed by atoms with Gasteiger partial charge in [0.05, 0.1) is 0 Å². The number of alkyl halides is 3. The Hall–Kier alpha value is -0.290. The molecular formula is C12H22F3NO. The molecule has 1 atom stereocenters. The van der Waals surface area contributed by atoms with Crippen LogP contribution in [-0.4, -0.2) is 41.9 Å². The highest BCUT2D eigenvalue weighted by atomic mass is 19.4. The molecule has 0 saturated heterocycles. The molecule has 0 radical (unpaired) electrons. The monoisotopic (exact) mass is 253 g/mol. The molecule has 0 aromatic rings. The van der Waals surface area contributed by atoms with E-state index in [1.54, 1.807) is 11.9 Å². The number of nitrogens with zero attached hydrogens (tertiary/aromatic N) is 1. The van der Waals surface area contributed by atoms with Crippen molar-refractivity contribution < 1.29 is 18.3 Å². The van der Waals surface area contributed by atoms with Gasteiger partial charge in [-0.25, -0.2) is 0 Å². The van der Waals surface area contributed by atoms with Crippen LogP contribution in [0.4, 0.5) is 13.2 Å². The van der Waals surface area contributed by atoms with Gasteiger partial charge in [-0.15, -0.1) is 0 Å². The molecule has 0 aromatic carbocycles. The minimum absolute atomic E-state index is 0.190. The Labute approximate surface area is 101 Å². The van der Waals surface area contributed by atoms with Crippen molar-refractivity contribution in [1.29, 1.82) is 0 Å². The highest BCUT2D eigenvalue weighted by molar-refractivity contribution is 4.80. The maximum absolute atomic E-state index is 12.2. The summed E-state index contributed by atoms with van der Waals surface area (Å²) in [5, 5.41) is 9.02. The summed E-state index contributed by atoms with van der Waals surface area (Å²) < 4.78 is 36.6. The third kappa shape index (κ3) is 4.47. The second-order valence-corrected chi connectivity index (χ2v) is 5.08. The average Bonchev–Trinajstić information content (AvgIpc) is 2.27. The summed E-state index contributed by atoms with van der Waals surface area (Å²) in [4.78, 5) is 1.66. The maximum Gasteiger partial charge on any atom is 0.415 e. The van der Waals surface area contributed by atoms with E-state index in [1.807, 2.05) is 0 Å². The molecule has 0 aromatic heterocycles. The molecule has 17 heavy (non-hydrogen) atoms. The van der Waals surface area contributed by atoms with Gasteiger partial charge < -0.3 is 10.0 Å². The molecule has 0 spiro atoms. The van der Waals surface area contributed by atoms with E-state index in [0.717, 1.165) is 38.0 Å². The molecule has 1 unspecified atom stereocenters. The van der Waals surface area contributed by atoms with Gasteiger partial charge in [0.2, 0.25) is 0 Å². The average molecular weight is 253 g/mol. The lowest BCUT2D eigenvalue weighted by Gasteiger charge is -2.35. The molecule has 1 saturated carbocycles. The quantitative estimate of drug-likeness (QED) is 0.832. The fourth-order valence-corrected chi connectivity index (χ4v) is 2.52. The molecule has 0 aliphatic heterocycles. The van der Waals surface area contributed by atoms with Crippen molar-refractivity contribution in [3.8, 4) is 0 Å². The summed E-state index contributed by atoms with van der Waals surface area (Å²) in [6, 6.07) is 0.190. The van der Waals surface area contributed by atoms with E-state index in [1.165, 1.54) is 0 Å². The summed E-state index contributed by atoms with van der Waals surface area (Å²) in [6.45, 7) is 1.84. The first-order chi connectivity index (χ1) is 7.84. The Bertz CT molecular complexity index is 224. The number of halogens is 3. The molecule has 5 heteroatoms. The van der Waals surface area contributed by atoms with Gasteiger partial charge in [-0.3, -0.25) is 0 Å². The summed E-state index contributed by atoms with van der Waals surface area (Å²) >= 11 is 0. The summed E-state index contributed by atoms with van der Waals surface area (Å²) in [5.74, 6) is 0.729. The van der Waals surface area contributed by atoms with Crippen LogP contribution in [0.1, 0.15) is 39.0 Å². The molecular weight excluding hydrogens is 231 g/mol. The van der Waals surface area contributed by atoms with Crippen LogP contribution in [0.15, 0.2) is 0 Å². The van der Waals surface area contributed by atoms with Gasteiger partial charge in [-0.05, 0) is 38.6 Å². The van der Waals surface area contributed by atoms with E-state index < -0.39 is 12.3 Å². The van der Waals surface area contributed by atoms with Gasteiger partial charge in [-0.2, -0.15) is 13.2 Å². The lowest BCUT2D eigenvalue weighted by Crippen LogP contribution is -2.44. The van der Waals surface area contributed by atoms with Crippen molar-refractivity contribution in [1.82, 2.24) is 4.90 Å². The number of likely N-dealkylation sites (N-methyl/N-ethyl adjacent to an activating group) is 1. The SMILES string of the molecule is CCC1CCC(N(C)CC(O)C(F)(F)F)CC1. The molecule has 2 nitrogen and oxygen atoms in total. The predicted molar refractivity (Wildman–Crippen MR) is 60.7 cm³/mol. The van der Waals surface area contributed by atoms with Gasteiger partial charge in [0.15, 0.2) is 6.10 Å². The van der Waals surface area contributed by atoms with Crippen molar-refractivity contribution in [2.24, 2.45) is 5.92 Å². The zero-order valence-electron chi connectivity index (χ0n) is 10.5. The zero-order chi connectivity index (χ0) is 13.1. The summed E-state index contributed by atoms with van der Waals surface area (Å²) in [5.41, 5.74) is 0. The van der Waals surface area contributed by atoms with Crippen molar-refractivity contribution in [3.63, 3.8) is 0 Å². The lowest BCUT2D eigenvalue weighted by atomic mass is 9.84. The van der Waals surface area contributed by atoms with E-state index >= 15 is 0 Å². The van der Waals surface area contributed by atoms with E-state index in [4.69, 9.17) is 5.11 Å². The fourth-order valence-electron chi connectivity index (χ4n) is 2.52. The minimum Gasteiger partial charge on any atom is -0.382 e. The Balaban J connectivity index is 2.36. The molecule has 1 N–H and O–H groups in total. The van der Waals surface area contributed by atoms with Crippen molar-refractivity contribution in [2.45, 2.75) is 57.3 Å². The first-order valence-corrected chi connectivity index (χ1v) is 6.29. The molecule has 102 valence electrons. The number of hydrogen-bond acceptors (Lipinski definition) is 2. The fraction of sp³-hybridized carbons (Fsp3) is 1.00. The standard InChI is InChI=1S/C12H22F3NO/c1-3-9-4-6-10(7-5-9)16(2)8-11(17)12(13,14)15/h9-11,17H,3-8H2,1-2H3. The van der Waals surface area contributed by atoms with E-state index in [0.29, 0.717) is 0 Å². The molecule has 1 aliphatic rings. The first-order valence-electron chi connectivity index (χ1n) is 6.29. The van der Waals surface area contributed by atoms with Crippen LogP contribution in [0.3, 0.4) is 0 Å². The summed E-state index contributed by atoms with van der Waals surface area (Å²) in [6.07, 6.45) is -1.51. The van der Waals surface area contributed by atoms with Gasteiger partial charge >= 0.3 is 6.18 Å². The van der Waals surface area contributed by atoms with Gasteiger partial charge in [0.25, 0.3) is 0 Å². The van der Waals surface area contributed by atoms with Crippen molar-refractivity contribution in [3.05, 3.63) is 0 Å². The topological polar surface area (TPSA) is 23.5 Å². The van der Waals surface area contributed by atoms with E-state index in [-0.39, 0.29) is 12.6 Å². The van der Waals surface area contributed by atoms with Gasteiger partial charge in [0.1, 0.15) is 0 Å². The van der Waals surface area contributed by atoms with Crippen LogP contribution in [-0.2, 0) is 0 Å². The smallest absolute Gasteiger partial charge is 0.382 e. The Morgan fingerprint density at radius 1 is 1.24 bits per heavy atom. The highest BCUT2D eigenvalue weighted by Crippen LogP contribution is 2.30. The van der Waals surface area contributed by atoms with Crippen LogP contribution in [0, 0.1) is 5.92 Å². The largest absolute Gasteiger partial charge is 0.415 e. The maximum atomic E-state index is 12.2. The van der Waals surface area contributed by atoms with Crippen LogP contribution in [0.2, 0.25) is 0 Å². The van der Waals surface area contributed by atoms with Gasteiger partial charge in [0, 0.05) is 12.6 Å². The van der Waals surface area contributed by atoms with Crippen LogP contribution in [0.5, 0.6) is 0 Å². The lowest BCUT2D eigenvalue weighted by molar-refractivity contribution is -0.208. The minimum atomic E-state index is -4.51. The Kier molecular flexibility index (Phi) is 5.25. The Morgan fingerprint density at radius 3 is 2.18 bits per heavy atom. The van der Waals surface area contributed by atoms with Crippen LogP contribution in [0.25, 0.3) is 0 Å². The number of aliphatic hydroxyl groups is 1. The first kappa shape index (κ1) is 14.8. The summed E-state index contributed by atoms with van der Waals surface area (Å²) in [7, 11) is 1.67. The molecule has 0 bridgehead atoms. The molecule has 1 rings (SSSR count). The normalized spacial score (nSPS) is 28.4. The van der Waals surface area contributed by atoms with E-state index in [9.17, 15) is 13.2 Å². The third-order valence-corrected chi connectivity index (χ3v) is 3.86. The third-order valence-electron chi connectivity index (χ3n) is 3.86.